The van der Waals surface area contributed by atoms with Crippen LogP contribution in [0.5, 0.6) is 0 Å². The summed E-state index contributed by atoms with van der Waals surface area (Å²) in [5.74, 6) is -0.986. The van der Waals surface area contributed by atoms with Crippen LogP contribution in [0.3, 0.4) is 0 Å². The fourth-order valence-corrected chi connectivity index (χ4v) is 5.45. The Morgan fingerprint density at radius 2 is 1.89 bits per heavy atom. The molecule has 0 bridgehead atoms. The van der Waals surface area contributed by atoms with Gasteiger partial charge in [-0.15, -0.1) is 5.10 Å². The number of aliphatic carboxylic acids is 1. The summed E-state index contributed by atoms with van der Waals surface area (Å²) in [6, 6.07) is 19.6. The topological polar surface area (TPSA) is 88.3 Å². The van der Waals surface area contributed by atoms with Gasteiger partial charge in [0, 0.05) is 31.1 Å². The summed E-state index contributed by atoms with van der Waals surface area (Å²) in [6.45, 7) is 8.01. The van der Waals surface area contributed by atoms with Crippen molar-refractivity contribution in [3.63, 3.8) is 0 Å². The molecule has 0 radical (unpaired) electrons. The van der Waals surface area contributed by atoms with Gasteiger partial charge in [0.05, 0.1) is 11.9 Å². The highest BCUT2D eigenvalue weighted by atomic mass is 16.4. The summed E-state index contributed by atoms with van der Waals surface area (Å²) in [7, 11) is 0. The van der Waals surface area contributed by atoms with Gasteiger partial charge in [-0.25, -0.2) is 4.68 Å². The third-order valence-electron chi connectivity index (χ3n) is 7.30. The molecule has 0 saturated heterocycles. The Kier molecular flexibility index (Phi) is 6.31. The summed E-state index contributed by atoms with van der Waals surface area (Å²) in [5.41, 5.74) is 7.53. The van der Waals surface area contributed by atoms with Gasteiger partial charge in [0.2, 0.25) is 0 Å². The first-order valence-corrected chi connectivity index (χ1v) is 12.4. The van der Waals surface area contributed by atoms with Crippen molar-refractivity contribution < 1.29 is 14.7 Å². The van der Waals surface area contributed by atoms with Crippen LogP contribution in [0.2, 0.25) is 0 Å². The number of amides is 1. The van der Waals surface area contributed by atoms with E-state index in [4.69, 9.17) is 0 Å². The molecule has 1 aromatic heterocycles. The lowest BCUT2D eigenvalue weighted by Crippen LogP contribution is -2.37. The van der Waals surface area contributed by atoms with Gasteiger partial charge in [0.25, 0.3) is 5.91 Å². The van der Waals surface area contributed by atoms with E-state index >= 15 is 0 Å². The first kappa shape index (κ1) is 23.7. The average Bonchev–Trinajstić information content (AvgIpc) is 3.31. The predicted octanol–water partition coefficient (Wildman–Crippen LogP) is 5.13. The Bertz CT molecular complexity index is 1440. The second kappa shape index (κ2) is 9.57. The zero-order valence-electron chi connectivity index (χ0n) is 20.8. The molecule has 1 amide bonds. The van der Waals surface area contributed by atoms with E-state index in [9.17, 15) is 14.7 Å². The fourth-order valence-electron chi connectivity index (χ4n) is 5.45. The summed E-state index contributed by atoms with van der Waals surface area (Å²) in [5, 5.41) is 18.4. The van der Waals surface area contributed by atoms with Gasteiger partial charge in [0.1, 0.15) is 5.52 Å². The van der Waals surface area contributed by atoms with Gasteiger partial charge in [-0.1, -0.05) is 54.6 Å². The molecule has 1 N–H and O–H groups in total. The molecule has 4 aromatic rings. The maximum atomic E-state index is 13.2. The monoisotopic (exact) mass is 482 g/mol. The molecule has 184 valence electrons. The van der Waals surface area contributed by atoms with Gasteiger partial charge < -0.3 is 10.0 Å². The lowest BCUT2D eigenvalue weighted by atomic mass is 9.82. The summed E-state index contributed by atoms with van der Waals surface area (Å²) < 4.78 is 1.84. The molecule has 1 unspecified atom stereocenters. The number of aryl methyl sites for hydroxylation is 2. The smallest absolute Gasteiger partial charge is 0.304 e. The first-order valence-electron chi connectivity index (χ1n) is 12.4. The van der Waals surface area contributed by atoms with E-state index in [1.807, 2.05) is 72.0 Å². The second-order valence-electron chi connectivity index (χ2n) is 9.61. The van der Waals surface area contributed by atoms with E-state index in [0.717, 1.165) is 39.8 Å². The maximum Gasteiger partial charge on any atom is 0.304 e. The summed E-state index contributed by atoms with van der Waals surface area (Å²) in [6.07, 6.45) is -0.0325. The Hall–Kier alpha value is -4.00. The number of hydrogen-bond donors (Lipinski definition) is 1. The van der Waals surface area contributed by atoms with E-state index < -0.39 is 5.97 Å². The number of carboxylic acid groups (broad SMARTS) is 1. The maximum absolute atomic E-state index is 13.2. The summed E-state index contributed by atoms with van der Waals surface area (Å²) in [4.78, 5) is 27.0. The van der Waals surface area contributed by atoms with E-state index in [1.54, 1.807) is 0 Å². The minimum Gasteiger partial charge on any atom is -0.481 e. The molecular formula is C29H30N4O3. The second-order valence-corrected chi connectivity index (χ2v) is 9.61. The normalized spacial score (nSPS) is 16.1. The van der Waals surface area contributed by atoms with E-state index in [0.29, 0.717) is 18.7 Å². The van der Waals surface area contributed by atoms with Crippen molar-refractivity contribution in [2.45, 2.75) is 52.1 Å². The number of fused-ring (bicyclic) bond motifs is 2. The third-order valence-corrected chi connectivity index (χ3v) is 7.30. The molecule has 3 aromatic carbocycles. The van der Waals surface area contributed by atoms with Gasteiger partial charge in [-0.3, -0.25) is 9.59 Å². The van der Waals surface area contributed by atoms with Gasteiger partial charge >= 0.3 is 5.97 Å². The Labute approximate surface area is 210 Å². The van der Waals surface area contributed by atoms with E-state index in [-0.39, 0.29) is 24.2 Å². The molecule has 7 heteroatoms. The number of rotatable bonds is 6. The molecule has 0 aliphatic carbocycles. The van der Waals surface area contributed by atoms with E-state index in [2.05, 4.69) is 29.4 Å². The van der Waals surface area contributed by atoms with Crippen molar-refractivity contribution >= 4 is 22.9 Å². The number of aromatic nitrogens is 3. The first-order chi connectivity index (χ1) is 17.4. The van der Waals surface area contributed by atoms with Crippen LogP contribution < -0.4 is 0 Å². The lowest BCUT2D eigenvalue weighted by molar-refractivity contribution is -0.137. The molecular weight excluding hydrogens is 452 g/mol. The van der Waals surface area contributed by atoms with Gasteiger partial charge in [0.15, 0.2) is 0 Å². The minimum atomic E-state index is -0.858. The number of nitrogens with zero attached hydrogens (tertiary/aromatic N) is 4. The fraction of sp³-hybridized carbons (Fsp3) is 0.310. The number of carbonyl (C=O) groups excluding carboxylic acids is 1. The van der Waals surface area contributed by atoms with Crippen molar-refractivity contribution in [3.8, 4) is 0 Å². The molecule has 0 spiro atoms. The molecule has 2 atom stereocenters. The highest BCUT2D eigenvalue weighted by Gasteiger charge is 2.28. The molecule has 1 aliphatic heterocycles. The number of hydrogen-bond acceptors (Lipinski definition) is 4. The highest BCUT2D eigenvalue weighted by molar-refractivity contribution is 5.94. The average molecular weight is 483 g/mol. The van der Waals surface area contributed by atoms with Crippen molar-refractivity contribution in [1.82, 2.24) is 19.9 Å². The molecule has 7 nitrogen and oxygen atoms in total. The van der Waals surface area contributed by atoms with Gasteiger partial charge in [-0.2, -0.15) is 0 Å². The summed E-state index contributed by atoms with van der Waals surface area (Å²) >= 11 is 0. The Morgan fingerprint density at radius 1 is 1.11 bits per heavy atom. The van der Waals surface area contributed by atoms with Crippen LogP contribution in [0.15, 0.2) is 60.7 Å². The van der Waals surface area contributed by atoms with E-state index in [1.165, 1.54) is 5.56 Å². The van der Waals surface area contributed by atoms with Crippen molar-refractivity contribution in [1.29, 1.82) is 0 Å². The van der Waals surface area contributed by atoms with Crippen LogP contribution in [-0.4, -0.2) is 43.4 Å². The number of carboxylic acids is 1. The SMILES string of the molecule is CCn1nnc2c(C)c(C(CC(=O)O)c3ccc4c(c3)CN(C(=O)c3ccccc3)C[C@H]4C)ccc21. The molecule has 36 heavy (non-hydrogen) atoms. The van der Waals surface area contributed by atoms with Crippen LogP contribution >= 0.6 is 0 Å². The van der Waals surface area contributed by atoms with Crippen LogP contribution in [0.25, 0.3) is 11.0 Å². The minimum absolute atomic E-state index is 0.0147. The molecule has 5 rings (SSSR count). The van der Waals surface area contributed by atoms with Crippen LogP contribution in [0.1, 0.15) is 70.3 Å². The Morgan fingerprint density at radius 3 is 2.61 bits per heavy atom. The largest absolute Gasteiger partial charge is 0.481 e. The molecule has 0 saturated carbocycles. The van der Waals surface area contributed by atoms with Crippen molar-refractivity contribution in [3.05, 3.63) is 94.0 Å². The van der Waals surface area contributed by atoms with Crippen molar-refractivity contribution in [2.75, 3.05) is 6.54 Å². The highest BCUT2D eigenvalue weighted by Crippen LogP contribution is 2.37. The molecule has 2 heterocycles. The molecule has 0 fully saturated rings. The molecule has 1 aliphatic rings. The number of benzene rings is 3. The van der Waals surface area contributed by atoms with Gasteiger partial charge in [-0.05, 0) is 65.8 Å². The zero-order valence-corrected chi connectivity index (χ0v) is 20.8. The predicted molar refractivity (Wildman–Crippen MR) is 138 cm³/mol. The van der Waals surface area contributed by atoms with Crippen LogP contribution in [0.4, 0.5) is 0 Å². The third kappa shape index (κ3) is 4.26. The quantitative estimate of drug-likeness (QED) is 0.412. The van der Waals surface area contributed by atoms with Crippen LogP contribution in [0, 0.1) is 6.92 Å². The Balaban J connectivity index is 1.53. The zero-order chi connectivity index (χ0) is 25.4. The standard InChI is InChI=1S/C29H30N4O3/c1-4-33-26-13-12-24(19(3)28(26)30-31-33)25(15-27(34)35)21-10-11-23-18(2)16-32(17-22(23)14-21)29(36)20-8-6-5-7-9-20/h5-14,18,25H,4,15-17H2,1-3H3,(H,34,35)/t18-,25?/m1/s1. The van der Waals surface area contributed by atoms with Crippen LogP contribution in [-0.2, 0) is 17.9 Å². The lowest BCUT2D eigenvalue weighted by Gasteiger charge is -2.34. The number of carbonyl (C=O) groups is 2. The van der Waals surface area contributed by atoms with Crippen molar-refractivity contribution in [2.24, 2.45) is 0 Å².